The van der Waals surface area contributed by atoms with E-state index in [-0.39, 0.29) is 28.9 Å². The van der Waals surface area contributed by atoms with Crippen molar-refractivity contribution in [3.8, 4) is 5.88 Å². The number of nitrogens with two attached hydrogens (primary N) is 1. The molecule has 0 saturated carbocycles. The second-order valence-electron chi connectivity index (χ2n) is 6.94. The van der Waals surface area contributed by atoms with Gasteiger partial charge in [0.25, 0.3) is 0 Å². The minimum atomic E-state index is -0.784. The molecule has 1 aliphatic rings. The zero-order chi connectivity index (χ0) is 20.2. The van der Waals surface area contributed by atoms with E-state index in [0.717, 1.165) is 0 Å². The lowest BCUT2D eigenvalue weighted by molar-refractivity contribution is 0.0274. The normalized spacial score (nSPS) is 17.4. The fourth-order valence-electron chi connectivity index (χ4n) is 2.47. The van der Waals surface area contributed by atoms with Crippen LogP contribution in [0.4, 0.5) is 4.79 Å². The predicted octanol–water partition coefficient (Wildman–Crippen LogP) is 2.55. The van der Waals surface area contributed by atoms with Crippen molar-refractivity contribution in [2.24, 2.45) is 16.2 Å². The monoisotopic (exact) mass is 398 g/mol. The van der Waals surface area contributed by atoms with Crippen LogP contribution < -0.4 is 10.6 Å². The first-order valence-corrected chi connectivity index (χ1v) is 8.88. The lowest BCUT2D eigenvalue weighted by Gasteiger charge is -2.24. The number of ether oxygens (including phenoxy) is 2. The number of hydrogen-bond acceptors (Lipinski definition) is 7. The molecule has 0 spiro atoms. The molecule has 0 radical (unpaired) electrons. The van der Waals surface area contributed by atoms with E-state index < -0.39 is 11.5 Å². The minimum absolute atomic E-state index is 0.142. The van der Waals surface area contributed by atoms with E-state index in [4.69, 9.17) is 26.9 Å². The summed E-state index contributed by atoms with van der Waals surface area (Å²) in [4.78, 5) is 33.8. The Kier molecular flexibility index (Phi) is 6.53. The first-order chi connectivity index (χ1) is 12.6. The number of aryl methyl sites for hydroxylation is 1. The van der Waals surface area contributed by atoms with Gasteiger partial charge in [0.05, 0.1) is 6.54 Å². The number of carbonyl (C=O) groups excluding carboxylic acids is 2. The summed E-state index contributed by atoms with van der Waals surface area (Å²) < 4.78 is 11.3. The predicted molar refractivity (Wildman–Crippen MR) is 96.6 cm³/mol. The molecule has 11 heteroatoms. The first-order valence-electron chi connectivity index (χ1n) is 8.50. The first kappa shape index (κ1) is 20.8. The van der Waals surface area contributed by atoms with Crippen molar-refractivity contribution in [3.05, 3.63) is 16.5 Å². The van der Waals surface area contributed by atoms with Crippen molar-refractivity contribution in [1.29, 1.82) is 0 Å². The molecule has 10 nitrogen and oxygen atoms in total. The molecule has 2 heterocycles. The number of rotatable bonds is 4. The van der Waals surface area contributed by atoms with E-state index in [9.17, 15) is 9.59 Å². The van der Waals surface area contributed by atoms with Crippen LogP contribution in [0.2, 0.25) is 5.15 Å². The van der Waals surface area contributed by atoms with Gasteiger partial charge in [0.15, 0.2) is 10.8 Å². The molecule has 0 aliphatic carbocycles. The van der Waals surface area contributed by atoms with Crippen LogP contribution in [0.1, 0.15) is 50.3 Å². The van der Waals surface area contributed by atoms with Gasteiger partial charge in [-0.1, -0.05) is 28.9 Å². The van der Waals surface area contributed by atoms with E-state index in [0.29, 0.717) is 31.6 Å². The van der Waals surface area contributed by atoms with Crippen LogP contribution >= 0.6 is 11.6 Å². The lowest BCUT2D eigenvalue weighted by atomic mass is 10.2. The molecule has 2 rings (SSSR count). The summed E-state index contributed by atoms with van der Waals surface area (Å²) in [7, 11) is 0. The van der Waals surface area contributed by atoms with Crippen molar-refractivity contribution in [2.75, 3.05) is 13.1 Å². The molecule has 148 valence electrons. The van der Waals surface area contributed by atoms with Crippen LogP contribution in [-0.2, 0) is 11.2 Å². The van der Waals surface area contributed by atoms with Gasteiger partial charge in [0.1, 0.15) is 17.4 Å². The highest BCUT2D eigenvalue weighted by Crippen LogP contribution is 2.25. The molecular weight excluding hydrogens is 376 g/mol. The van der Waals surface area contributed by atoms with Crippen LogP contribution in [0.25, 0.3) is 0 Å². The quantitative estimate of drug-likeness (QED) is 0.468. The van der Waals surface area contributed by atoms with E-state index in [1.54, 1.807) is 4.90 Å². The highest BCUT2D eigenvalue weighted by atomic mass is 35.5. The molecule has 1 saturated heterocycles. The summed E-state index contributed by atoms with van der Waals surface area (Å²) in [6.07, 6.45) is 0.409. The molecule has 2 N–H and O–H groups in total. The Balaban J connectivity index is 2.10. The van der Waals surface area contributed by atoms with Crippen molar-refractivity contribution in [2.45, 2.75) is 52.2 Å². The summed E-state index contributed by atoms with van der Waals surface area (Å²) in [5, 5.41) is 5.98. The maximum Gasteiger partial charge on any atom is 0.410 e. The topological polar surface area (TPSA) is 132 Å². The largest absolute Gasteiger partial charge is 0.471 e. The summed E-state index contributed by atoms with van der Waals surface area (Å²) in [5.41, 5.74) is -0.254. The van der Waals surface area contributed by atoms with Gasteiger partial charge >= 0.3 is 12.0 Å². The summed E-state index contributed by atoms with van der Waals surface area (Å²) >= 11 is 6.02. The Labute approximate surface area is 162 Å². The van der Waals surface area contributed by atoms with Crippen LogP contribution in [0.5, 0.6) is 5.88 Å². The molecular formula is C16H23ClN6O4. The molecule has 1 atom stereocenters. The maximum atomic E-state index is 12.1. The fraction of sp³-hybridized carbons (Fsp3) is 0.625. The molecule has 2 amide bonds. The second kappa shape index (κ2) is 8.47. The fourth-order valence-corrected chi connectivity index (χ4v) is 2.67. The van der Waals surface area contributed by atoms with Crippen molar-refractivity contribution in [3.63, 3.8) is 0 Å². The molecule has 1 aliphatic heterocycles. The molecule has 27 heavy (non-hydrogen) atoms. The Morgan fingerprint density at radius 3 is 2.67 bits per heavy atom. The molecule has 1 fully saturated rings. The molecule has 0 bridgehead atoms. The van der Waals surface area contributed by atoms with Gasteiger partial charge in [-0.2, -0.15) is 4.98 Å². The van der Waals surface area contributed by atoms with Crippen molar-refractivity contribution < 1.29 is 19.1 Å². The Morgan fingerprint density at radius 1 is 1.37 bits per heavy atom. The highest BCUT2D eigenvalue weighted by molar-refractivity contribution is 6.32. The average molecular weight is 399 g/mol. The zero-order valence-electron chi connectivity index (χ0n) is 15.7. The van der Waals surface area contributed by atoms with Crippen molar-refractivity contribution in [1.82, 2.24) is 14.9 Å². The SMILES string of the molecule is CCc1nc(C(=O)N=NN)c(Cl)nc1OC1CCN(C(=O)OC(C)(C)C)C1. The third-order valence-corrected chi connectivity index (χ3v) is 3.91. The van der Waals surface area contributed by atoms with E-state index in [2.05, 4.69) is 20.3 Å². The summed E-state index contributed by atoms with van der Waals surface area (Å²) in [6.45, 7) is 8.15. The van der Waals surface area contributed by atoms with Gasteiger partial charge < -0.3 is 20.2 Å². The minimum Gasteiger partial charge on any atom is -0.471 e. The third kappa shape index (κ3) is 5.49. The number of carbonyl (C=O) groups is 2. The van der Waals surface area contributed by atoms with Crippen LogP contribution in [0.15, 0.2) is 10.3 Å². The Hall–Kier alpha value is -2.49. The summed E-state index contributed by atoms with van der Waals surface area (Å²) in [6, 6.07) is 0. The number of halogens is 1. The van der Waals surface area contributed by atoms with Gasteiger partial charge in [-0.15, -0.1) is 0 Å². The molecule has 1 aromatic rings. The number of likely N-dealkylation sites (tertiary alicyclic amines) is 1. The van der Waals surface area contributed by atoms with E-state index in [1.165, 1.54) is 0 Å². The maximum absolute atomic E-state index is 12.1. The van der Waals surface area contributed by atoms with Crippen molar-refractivity contribution >= 4 is 23.6 Å². The van der Waals surface area contributed by atoms with Gasteiger partial charge in [0, 0.05) is 13.0 Å². The van der Waals surface area contributed by atoms with E-state index in [1.807, 2.05) is 27.7 Å². The van der Waals surface area contributed by atoms with Crippen LogP contribution in [-0.4, -0.2) is 51.7 Å². The number of amides is 2. The Morgan fingerprint density at radius 2 is 2.07 bits per heavy atom. The Bertz CT molecular complexity index is 749. The number of aromatic nitrogens is 2. The zero-order valence-corrected chi connectivity index (χ0v) is 16.5. The standard InChI is InChI=1S/C16H23ClN6O4/c1-5-10-14(20-12(17)11(19-10)13(24)21-22-18)26-9-6-7-23(8-9)15(25)27-16(2,3)4/h9H,5-8H2,1-4H3,(H2,18,21,24). The highest BCUT2D eigenvalue weighted by Gasteiger charge is 2.32. The van der Waals surface area contributed by atoms with Crippen LogP contribution in [0.3, 0.4) is 0 Å². The average Bonchev–Trinajstić information content (AvgIpc) is 3.02. The third-order valence-electron chi connectivity index (χ3n) is 3.65. The number of nitrogens with zero attached hydrogens (tertiary/aromatic N) is 5. The summed E-state index contributed by atoms with van der Waals surface area (Å²) in [5.74, 6) is 4.32. The second-order valence-corrected chi connectivity index (χ2v) is 7.30. The lowest BCUT2D eigenvalue weighted by Crippen LogP contribution is -2.36. The molecule has 0 aromatic carbocycles. The van der Waals surface area contributed by atoms with E-state index >= 15 is 0 Å². The smallest absolute Gasteiger partial charge is 0.410 e. The van der Waals surface area contributed by atoms with Crippen LogP contribution in [0, 0.1) is 0 Å². The molecule has 1 unspecified atom stereocenters. The molecule has 1 aromatic heterocycles. The number of hydrogen-bond donors (Lipinski definition) is 1. The van der Waals surface area contributed by atoms with Gasteiger partial charge in [-0.25, -0.2) is 9.78 Å². The van der Waals surface area contributed by atoms with Gasteiger partial charge in [-0.3, -0.25) is 4.79 Å². The van der Waals surface area contributed by atoms with Gasteiger partial charge in [-0.05, 0) is 27.2 Å². The van der Waals surface area contributed by atoms with Gasteiger partial charge in [0.2, 0.25) is 5.88 Å².